The van der Waals surface area contributed by atoms with Gasteiger partial charge in [-0.2, -0.15) is 0 Å². The average molecular weight is 380 g/mol. The lowest BCUT2D eigenvalue weighted by Crippen LogP contribution is -2.13. The molecule has 2 N–H and O–H groups in total. The molecule has 0 aliphatic heterocycles. The maximum Gasteiger partial charge on any atom is 0.265 e. The smallest absolute Gasteiger partial charge is 0.265 e. The van der Waals surface area contributed by atoms with Gasteiger partial charge in [-0.1, -0.05) is 90.4 Å². The van der Waals surface area contributed by atoms with E-state index in [2.05, 4.69) is 6.92 Å². The Morgan fingerprint density at radius 1 is 0.815 bits per heavy atom. The highest BCUT2D eigenvalue weighted by molar-refractivity contribution is 5.76. The van der Waals surface area contributed by atoms with E-state index in [-0.39, 0.29) is 5.69 Å². The zero-order valence-corrected chi connectivity index (χ0v) is 16.9. The molecule has 0 atom stereocenters. The first-order chi connectivity index (χ1) is 13.1. The topological polar surface area (TPSA) is 79.5 Å². The minimum atomic E-state index is -0.894. The molecule has 5 nitrogen and oxygen atoms in total. The zero-order chi connectivity index (χ0) is 19.9. The van der Waals surface area contributed by atoms with Crippen molar-refractivity contribution < 1.29 is 15.0 Å². The number of hydrogen-bond acceptors (Lipinski definition) is 4. The van der Waals surface area contributed by atoms with E-state index in [1.54, 1.807) is 0 Å². The van der Waals surface area contributed by atoms with Gasteiger partial charge < -0.3 is 14.8 Å². The van der Waals surface area contributed by atoms with Gasteiger partial charge in [0.15, 0.2) is 17.8 Å². The minimum absolute atomic E-state index is 0.0625. The van der Waals surface area contributed by atoms with Crippen LogP contribution in [0, 0.1) is 0 Å². The van der Waals surface area contributed by atoms with Crippen LogP contribution in [0.25, 0.3) is 0 Å². The van der Waals surface area contributed by atoms with Crippen LogP contribution in [0.15, 0.2) is 11.0 Å². The van der Waals surface area contributed by atoms with E-state index >= 15 is 0 Å². The summed E-state index contributed by atoms with van der Waals surface area (Å²) in [5.74, 6) is -1.20. The number of hydrogen-bond donors (Lipinski definition) is 2. The van der Waals surface area contributed by atoms with E-state index in [1.165, 1.54) is 81.4 Å². The first kappa shape index (κ1) is 23.3. The van der Waals surface area contributed by atoms with Crippen LogP contribution in [-0.2, 0) is 6.54 Å². The second kappa shape index (κ2) is 14.3. The standard InChI is InChI=1S/C22H37NO4/c1-2-3-4-5-6-7-8-9-10-11-12-13-14-15-16-23-17-20(25)22(27)21(26)19(23)18-24/h17-18,25-26H,2-16H2,1H3. The van der Waals surface area contributed by atoms with Crippen LogP contribution in [0.1, 0.15) is 107 Å². The van der Waals surface area contributed by atoms with Gasteiger partial charge in [-0.15, -0.1) is 0 Å². The fourth-order valence-electron chi connectivity index (χ4n) is 3.43. The molecule has 0 saturated heterocycles. The number of carbonyl (C=O) groups excluding carboxylic acids is 1. The number of aldehydes is 1. The number of pyridine rings is 1. The molecular formula is C22H37NO4. The molecule has 0 spiro atoms. The zero-order valence-electron chi connectivity index (χ0n) is 16.9. The van der Waals surface area contributed by atoms with Crippen LogP contribution >= 0.6 is 0 Å². The molecule has 0 aliphatic rings. The van der Waals surface area contributed by atoms with E-state index < -0.39 is 16.9 Å². The molecule has 0 saturated carbocycles. The van der Waals surface area contributed by atoms with E-state index in [4.69, 9.17) is 0 Å². The van der Waals surface area contributed by atoms with Crippen LogP contribution in [-0.4, -0.2) is 21.1 Å². The minimum Gasteiger partial charge on any atom is -0.503 e. The fourth-order valence-corrected chi connectivity index (χ4v) is 3.43. The van der Waals surface area contributed by atoms with Gasteiger partial charge in [-0.25, -0.2) is 0 Å². The van der Waals surface area contributed by atoms with Crippen molar-refractivity contribution in [2.24, 2.45) is 0 Å². The molecule has 1 heterocycles. The van der Waals surface area contributed by atoms with Crippen molar-refractivity contribution in [1.29, 1.82) is 0 Å². The molecule has 154 valence electrons. The molecule has 1 rings (SSSR count). The predicted molar refractivity (Wildman–Crippen MR) is 110 cm³/mol. The second-order valence-corrected chi connectivity index (χ2v) is 7.48. The SMILES string of the molecule is CCCCCCCCCCCCCCCCn1cc(O)c(=O)c(O)c1C=O. The quantitative estimate of drug-likeness (QED) is 0.291. The fraction of sp³-hybridized carbons (Fsp3) is 0.727. The van der Waals surface area contributed by atoms with Gasteiger partial charge in [0.2, 0.25) is 0 Å². The molecule has 0 fully saturated rings. The van der Waals surface area contributed by atoms with Gasteiger partial charge in [-0.3, -0.25) is 9.59 Å². The van der Waals surface area contributed by atoms with Crippen molar-refractivity contribution in [3.05, 3.63) is 22.1 Å². The molecule has 5 heteroatoms. The molecular weight excluding hydrogens is 342 g/mol. The largest absolute Gasteiger partial charge is 0.503 e. The summed E-state index contributed by atoms with van der Waals surface area (Å²) in [7, 11) is 0. The van der Waals surface area contributed by atoms with Crippen LogP contribution in [0.2, 0.25) is 0 Å². The summed E-state index contributed by atoms with van der Waals surface area (Å²) >= 11 is 0. The van der Waals surface area contributed by atoms with Crippen molar-refractivity contribution in [3.63, 3.8) is 0 Å². The molecule has 1 aromatic rings. The first-order valence-electron chi connectivity index (χ1n) is 10.7. The van der Waals surface area contributed by atoms with Crippen molar-refractivity contribution in [2.45, 2.75) is 103 Å². The summed E-state index contributed by atoms with van der Waals surface area (Å²) < 4.78 is 1.46. The van der Waals surface area contributed by atoms with E-state index in [0.717, 1.165) is 19.3 Å². The number of carbonyl (C=O) groups is 1. The number of aryl methyl sites for hydroxylation is 1. The maximum absolute atomic E-state index is 11.4. The van der Waals surface area contributed by atoms with E-state index in [9.17, 15) is 19.8 Å². The van der Waals surface area contributed by atoms with E-state index in [1.807, 2.05) is 0 Å². The highest BCUT2D eigenvalue weighted by atomic mass is 16.3. The summed E-state index contributed by atoms with van der Waals surface area (Å²) in [6, 6.07) is 0. The molecule has 0 aromatic carbocycles. The highest BCUT2D eigenvalue weighted by Crippen LogP contribution is 2.17. The Balaban J connectivity index is 2.05. The third-order valence-corrected chi connectivity index (χ3v) is 5.14. The molecule has 0 aliphatic carbocycles. The first-order valence-corrected chi connectivity index (χ1v) is 10.7. The van der Waals surface area contributed by atoms with Crippen LogP contribution in [0.3, 0.4) is 0 Å². The molecule has 1 aromatic heterocycles. The Hall–Kier alpha value is -1.78. The Morgan fingerprint density at radius 3 is 1.70 bits per heavy atom. The molecule has 0 unspecified atom stereocenters. The van der Waals surface area contributed by atoms with Crippen LogP contribution in [0.5, 0.6) is 11.5 Å². The average Bonchev–Trinajstić information content (AvgIpc) is 2.66. The van der Waals surface area contributed by atoms with Crippen LogP contribution < -0.4 is 5.43 Å². The number of unbranched alkanes of at least 4 members (excludes halogenated alkanes) is 13. The van der Waals surface area contributed by atoms with Gasteiger partial charge in [0.25, 0.3) is 5.43 Å². The van der Waals surface area contributed by atoms with Crippen LogP contribution in [0.4, 0.5) is 0 Å². The second-order valence-electron chi connectivity index (χ2n) is 7.48. The van der Waals surface area contributed by atoms with Crippen molar-refractivity contribution in [2.75, 3.05) is 0 Å². The Labute approximate surface area is 163 Å². The number of aromatic hydroxyl groups is 2. The normalized spacial score (nSPS) is 11.0. The van der Waals surface area contributed by atoms with Crippen molar-refractivity contribution >= 4 is 6.29 Å². The van der Waals surface area contributed by atoms with Gasteiger partial charge in [0, 0.05) is 6.54 Å². The lowest BCUT2D eigenvalue weighted by molar-refractivity contribution is 0.111. The Kier molecular flexibility index (Phi) is 12.3. The lowest BCUT2D eigenvalue weighted by atomic mass is 10.0. The predicted octanol–water partition coefficient (Wildman–Crippen LogP) is 5.55. The Morgan fingerprint density at radius 2 is 1.26 bits per heavy atom. The summed E-state index contributed by atoms with van der Waals surface area (Å²) in [6.45, 7) is 2.76. The molecule has 0 radical (unpaired) electrons. The summed E-state index contributed by atoms with van der Waals surface area (Å²) in [5, 5.41) is 19.2. The highest BCUT2D eigenvalue weighted by Gasteiger charge is 2.13. The third-order valence-electron chi connectivity index (χ3n) is 5.14. The number of nitrogens with zero attached hydrogens (tertiary/aromatic N) is 1. The summed E-state index contributed by atoms with van der Waals surface area (Å²) in [5.41, 5.74) is -0.957. The van der Waals surface area contributed by atoms with E-state index in [0.29, 0.717) is 12.8 Å². The molecule has 27 heavy (non-hydrogen) atoms. The van der Waals surface area contributed by atoms with Gasteiger partial charge in [0.05, 0.1) is 6.20 Å². The summed E-state index contributed by atoms with van der Waals surface area (Å²) in [6.07, 6.45) is 19.5. The Bertz CT molecular complexity index is 595. The van der Waals surface area contributed by atoms with Crippen molar-refractivity contribution in [1.82, 2.24) is 4.57 Å². The monoisotopic (exact) mass is 379 g/mol. The van der Waals surface area contributed by atoms with Gasteiger partial charge in [-0.05, 0) is 6.42 Å². The van der Waals surface area contributed by atoms with Gasteiger partial charge in [0.1, 0.15) is 5.69 Å². The molecule has 0 amide bonds. The number of aromatic nitrogens is 1. The number of rotatable bonds is 16. The maximum atomic E-state index is 11.4. The van der Waals surface area contributed by atoms with Gasteiger partial charge >= 0.3 is 0 Å². The molecule has 0 bridgehead atoms. The van der Waals surface area contributed by atoms with Crippen molar-refractivity contribution in [3.8, 4) is 11.5 Å². The summed E-state index contributed by atoms with van der Waals surface area (Å²) in [4.78, 5) is 22.5. The lowest BCUT2D eigenvalue weighted by Gasteiger charge is -2.11. The third kappa shape index (κ3) is 9.12.